The average molecular weight is 368 g/mol. The monoisotopic (exact) mass is 367 g/mol. The fraction of sp³-hybridized carbons (Fsp3) is 0.692. The first-order valence-electron chi connectivity index (χ1n) is 6.66. The Balaban J connectivity index is 2.55. The fourth-order valence-corrected chi connectivity index (χ4v) is 4.28. The molecule has 0 bridgehead atoms. The standard InChI is InChI=1S/C13H22BrNO2S2/c1-3-7-15-12(13-9-11(14)10-18-13)6-5-8-19(16,17)4-2/h9-10,12,15H,3-8H2,1-2H3. The maximum Gasteiger partial charge on any atom is 0.150 e. The van der Waals surface area contributed by atoms with Crippen molar-refractivity contribution in [3.05, 3.63) is 20.8 Å². The van der Waals surface area contributed by atoms with Crippen LogP contribution in [-0.4, -0.2) is 26.5 Å². The summed E-state index contributed by atoms with van der Waals surface area (Å²) in [4.78, 5) is 1.27. The third-order valence-corrected chi connectivity index (χ3v) is 6.56. The van der Waals surface area contributed by atoms with E-state index < -0.39 is 9.84 Å². The lowest BCUT2D eigenvalue weighted by atomic mass is 10.1. The van der Waals surface area contributed by atoms with Gasteiger partial charge in [0.25, 0.3) is 0 Å². The van der Waals surface area contributed by atoms with Gasteiger partial charge in [-0.1, -0.05) is 13.8 Å². The van der Waals surface area contributed by atoms with Crippen LogP contribution in [-0.2, 0) is 9.84 Å². The van der Waals surface area contributed by atoms with Gasteiger partial charge in [-0.25, -0.2) is 8.42 Å². The molecule has 0 aliphatic heterocycles. The van der Waals surface area contributed by atoms with Crippen molar-refractivity contribution in [3.8, 4) is 0 Å². The molecule has 3 nitrogen and oxygen atoms in total. The van der Waals surface area contributed by atoms with Crippen LogP contribution in [0.2, 0.25) is 0 Å². The Morgan fingerprint density at radius 2 is 2.16 bits per heavy atom. The summed E-state index contributed by atoms with van der Waals surface area (Å²) in [6.07, 6.45) is 2.66. The zero-order valence-electron chi connectivity index (χ0n) is 11.5. The quantitative estimate of drug-likeness (QED) is 0.722. The maximum atomic E-state index is 11.5. The van der Waals surface area contributed by atoms with E-state index in [1.165, 1.54) is 4.88 Å². The van der Waals surface area contributed by atoms with E-state index in [-0.39, 0.29) is 11.8 Å². The Morgan fingerprint density at radius 3 is 2.68 bits per heavy atom. The third-order valence-electron chi connectivity index (χ3n) is 2.96. The summed E-state index contributed by atoms with van der Waals surface area (Å²) >= 11 is 5.18. The van der Waals surface area contributed by atoms with Gasteiger partial charge in [-0.15, -0.1) is 11.3 Å². The van der Waals surface area contributed by atoms with Gasteiger partial charge < -0.3 is 5.32 Å². The largest absolute Gasteiger partial charge is 0.309 e. The van der Waals surface area contributed by atoms with E-state index in [0.29, 0.717) is 12.2 Å². The molecule has 1 atom stereocenters. The zero-order valence-corrected chi connectivity index (χ0v) is 14.7. The van der Waals surface area contributed by atoms with Crippen molar-refractivity contribution in [2.45, 2.75) is 39.2 Å². The van der Waals surface area contributed by atoms with Gasteiger partial charge in [0, 0.05) is 26.5 Å². The van der Waals surface area contributed by atoms with Crippen LogP contribution in [0.15, 0.2) is 15.9 Å². The molecular weight excluding hydrogens is 346 g/mol. The summed E-state index contributed by atoms with van der Waals surface area (Å²) in [7, 11) is -2.85. The summed E-state index contributed by atoms with van der Waals surface area (Å²) in [5.74, 6) is 0.533. The maximum absolute atomic E-state index is 11.5. The Bertz CT molecular complexity index is 471. The molecule has 1 unspecified atom stereocenters. The van der Waals surface area contributed by atoms with E-state index in [4.69, 9.17) is 0 Å². The molecule has 6 heteroatoms. The topological polar surface area (TPSA) is 46.2 Å². The number of hydrogen-bond acceptors (Lipinski definition) is 4. The number of halogens is 1. The van der Waals surface area contributed by atoms with Crippen molar-refractivity contribution in [2.24, 2.45) is 0 Å². The van der Waals surface area contributed by atoms with E-state index in [2.05, 4.69) is 39.6 Å². The van der Waals surface area contributed by atoms with Gasteiger partial charge in [0.15, 0.2) is 0 Å². The molecule has 1 rings (SSSR count). The summed E-state index contributed by atoms with van der Waals surface area (Å²) < 4.78 is 24.1. The van der Waals surface area contributed by atoms with Crippen LogP contribution in [0, 0.1) is 0 Å². The second-order valence-corrected chi connectivity index (χ2v) is 8.88. The Labute approximate surface area is 128 Å². The molecule has 0 aliphatic rings. The fourth-order valence-electron chi connectivity index (χ4n) is 1.83. The van der Waals surface area contributed by atoms with Crippen molar-refractivity contribution in [3.63, 3.8) is 0 Å². The van der Waals surface area contributed by atoms with E-state index in [0.717, 1.165) is 23.9 Å². The van der Waals surface area contributed by atoms with Crippen molar-refractivity contribution >= 4 is 37.1 Å². The lowest BCUT2D eigenvalue weighted by Gasteiger charge is -2.17. The van der Waals surface area contributed by atoms with Crippen LogP contribution in [0.25, 0.3) is 0 Å². The van der Waals surface area contributed by atoms with Crippen LogP contribution in [0.4, 0.5) is 0 Å². The predicted octanol–water partition coefficient (Wildman–Crippen LogP) is 3.77. The highest BCUT2D eigenvalue weighted by molar-refractivity contribution is 9.10. The molecule has 0 aromatic carbocycles. The molecule has 19 heavy (non-hydrogen) atoms. The van der Waals surface area contributed by atoms with Crippen LogP contribution >= 0.6 is 27.3 Å². The van der Waals surface area contributed by atoms with Gasteiger partial charge in [-0.2, -0.15) is 0 Å². The van der Waals surface area contributed by atoms with E-state index in [9.17, 15) is 8.42 Å². The van der Waals surface area contributed by atoms with Crippen LogP contribution in [0.5, 0.6) is 0 Å². The summed E-state index contributed by atoms with van der Waals surface area (Å²) in [6.45, 7) is 4.80. The van der Waals surface area contributed by atoms with Crippen LogP contribution < -0.4 is 5.32 Å². The van der Waals surface area contributed by atoms with Gasteiger partial charge in [0.05, 0.1) is 5.75 Å². The highest BCUT2D eigenvalue weighted by atomic mass is 79.9. The molecule has 0 radical (unpaired) electrons. The van der Waals surface area contributed by atoms with Gasteiger partial charge in [-0.05, 0) is 47.8 Å². The predicted molar refractivity (Wildman–Crippen MR) is 86.6 cm³/mol. The highest BCUT2D eigenvalue weighted by Crippen LogP contribution is 2.28. The summed E-state index contributed by atoms with van der Waals surface area (Å²) in [5, 5.41) is 5.57. The molecule has 110 valence electrons. The minimum Gasteiger partial charge on any atom is -0.309 e. The van der Waals surface area contributed by atoms with Gasteiger partial charge >= 0.3 is 0 Å². The molecule has 1 heterocycles. The molecule has 0 aliphatic carbocycles. The second-order valence-electron chi connectivity index (χ2n) is 4.55. The van der Waals surface area contributed by atoms with Crippen molar-refractivity contribution in [2.75, 3.05) is 18.1 Å². The van der Waals surface area contributed by atoms with Crippen molar-refractivity contribution < 1.29 is 8.42 Å². The Morgan fingerprint density at radius 1 is 1.42 bits per heavy atom. The Kier molecular flexibility index (Phi) is 7.57. The molecule has 0 saturated carbocycles. The van der Waals surface area contributed by atoms with E-state index in [1.54, 1.807) is 18.3 Å². The number of thiophene rings is 1. The normalized spacial score (nSPS) is 13.6. The van der Waals surface area contributed by atoms with Gasteiger partial charge in [0.2, 0.25) is 0 Å². The first kappa shape index (κ1) is 17.1. The van der Waals surface area contributed by atoms with Crippen LogP contribution in [0.3, 0.4) is 0 Å². The van der Waals surface area contributed by atoms with Crippen molar-refractivity contribution in [1.82, 2.24) is 5.32 Å². The second kappa shape index (κ2) is 8.39. The third kappa shape index (κ3) is 6.38. The first-order valence-corrected chi connectivity index (χ1v) is 10.2. The lowest BCUT2D eigenvalue weighted by Crippen LogP contribution is -2.22. The molecule has 0 amide bonds. The minimum atomic E-state index is -2.85. The Hall–Kier alpha value is 0.0900. The number of rotatable bonds is 9. The molecule has 0 saturated heterocycles. The number of hydrogen-bond donors (Lipinski definition) is 1. The molecule has 1 aromatic rings. The van der Waals surface area contributed by atoms with Crippen LogP contribution in [0.1, 0.15) is 44.0 Å². The SMILES string of the molecule is CCCNC(CCCS(=O)(=O)CC)c1cc(Br)cs1. The highest BCUT2D eigenvalue weighted by Gasteiger charge is 2.15. The van der Waals surface area contributed by atoms with E-state index >= 15 is 0 Å². The molecule has 1 aromatic heterocycles. The summed E-state index contributed by atoms with van der Waals surface area (Å²) in [6, 6.07) is 2.38. The molecular formula is C13H22BrNO2S2. The number of nitrogens with one attached hydrogen (secondary N) is 1. The minimum absolute atomic E-state index is 0.241. The summed E-state index contributed by atoms with van der Waals surface area (Å²) in [5.41, 5.74) is 0. The molecule has 1 N–H and O–H groups in total. The average Bonchev–Trinajstić information content (AvgIpc) is 2.80. The van der Waals surface area contributed by atoms with Crippen molar-refractivity contribution in [1.29, 1.82) is 0 Å². The molecule has 0 fully saturated rings. The first-order chi connectivity index (χ1) is 8.98. The number of sulfone groups is 1. The lowest BCUT2D eigenvalue weighted by molar-refractivity contribution is 0.498. The van der Waals surface area contributed by atoms with Gasteiger partial charge in [0.1, 0.15) is 9.84 Å². The zero-order chi connectivity index (χ0) is 14.3. The van der Waals surface area contributed by atoms with Gasteiger partial charge in [-0.3, -0.25) is 0 Å². The molecule has 0 spiro atoms. The smallest absolute Gasteiger partial charge is 0.150 e. The van der Waals surface area contributed by atoms with E-state index in [1.807, 2.05) is 0 Å².